The minimum atomic E-state index is 0.201. The highest BCUT2D eigenvalue weighted by atomic mass is 35.5. The Labute approximate surface area is 114 Å². The van der Waals surface area contributed by atoms with E-state index in [0.717, 1.165) is 18.1 Å². The maximum absolute atomic E-state index is 8.87. The fourth-order valence-electron chi connectivity index (χ4n) is 2.55. The molecule has 3 nitrogen and oxygen atoms in total. The Morgan fingerprint density at radius 2 is 2.33 bits per heavy atom. The monoisotopic (exact) mass is 268 g/mol. The minimum Gasteiger partial charge on any atom is -0.395 e. The number of nitrogens with one attached hydrogen (secondary N) is 1. The number of aryl methyl sites for hydroxylation is 1. The summed E-state index contributed by atoms with van der Waals surface area (Å²) in [7, 11) is 0. The van der Waals surface area contributed by atoms with Crippen molar-refractivity contribution >= 4 is 17.3 Å². The van der Waals surface area contributed by atoms with Crippen molar-refractivity contribution in [3.05, 3.63) is 28.8 Å². The van der Waals surface area contributed by atoms with Crippen LogP contribution in [0.15, 0.2) is 18.2 Å². The molecule has 1 unspecified atom stereocenters. The van der Waals surface area contributed by atoms with Gasteiger partial charge >= 0.3 is 0 Å². The van der Waals surface area contributed by atoms with E-state index >= 15 is 0 Å². The van der Waals surface area contributed by atoms with Crippen molar-refractivity contribution < 1.29 is 5.11 Å². The summed E-state index contributed by atoms with van der Waals surface area (Å²) < 4.78 is 0. The molecule has 1 heterocycles. The summed E-state index contributed by atoms with van der Waals surface area (Å²) in [5, 5.41) is 13.0. The van der Waals surface area contributed by atoms with E-state index < -0.39 is 0 Å². The van der Waals surface area contributed by atoms with Crippen molar-refractivity contribution in [3.63, 3.8) is 0 Å². The molecule has 1 aromatic rings. The van der Waals surface area contributed by atoms with E-state index in [-0.39, 0.29) is 6.61 Å². The van der Waals surface area contributed by atoms with Crippen LogP contribution in [0.4, 0.5) is 5.69 Å². The molecule has 1 saturated heterocycles. The van der Waals surface area contributed by atoms with E-state index in [1.54, 1.807) is 0 Å². The van der Waals surface area contributed by atoms with E-state index in [1.165, 1.54) is 24.1 Å². The lowest BCUT2D eigenvalue weighted by Crippen LogP contribution is -2.46. The third kappa shape index (κ3) is 3.37. The lowest BCUT2D eigenvalue weighted by molar-refractivity contribution is 0.278. The predicted octanol–water partition coefficient (Wildman–Crippen LogP) is 2.20. The average molecular weight is 269 g/mol. The van der Waals surface area contributed by atoms with Crippen LogP contribution in [0.3, 0.4) is 0 Å². The number of halogens is 1. The van der Waals surface area contributed by atoms with Crippen LogP contribution in [0.5, 0.6) is 0 Å². The first-order chi connectivity index (χ1) is 8.70. The molecule has 1 aliphatic rings. The Morgan fingerprint density at radius 3 is 3.11 bits per heavy atom. The fraction of sp³-hybridized carbons (Fsp3) is 0.571. The van der Waals surface area contributed by atoms with Gasteiger partial charge in [0.05, 0.1) is 6.61 Å². The predicted molar refractivity (Wildman–Crippen MR) is 76.5 cm³/mol. The highest BCUT2D eigenvalue weighted by molar-refractivity contribution is 6.30. The minimum absolute atomic E-state index is 0.201. The van der Waals surface area contributed by atoms with E-state index in [4.69, 9.17) is 16.7 Å². The Hall–Kier alpha value is -0.770. The molecule has 100 valence electrons. The molecule has 1 aromatic carbocycles. The van der Waals surface area contributed by atoms with Gasteiger partial charge in [-0.1, -0.05) is 17.7 Å². The van der Waals surface area contributed by atoms with Crippen molar-refractivity contribution in [2.75, 3.05) is 31.1 Å². The standard InChI is InChI=1S/C14H21ClN2O/c1-11-4-5-12(15)9-14(11)17-7-2-3-13(10-17)16-6-8-18/h4-5,9,13,16,18H,2-3,6-8,10H2,1H3. The molecule has 0 aliphatic carbocycles. The first-order valence-electron chi connectivity index (χ1n) is 6.56. The lowest BCUT2D eigenvalue weighted by atomic mass is 10.0. The van der Waals surface area contributed by atoms with Gasteiger partial charge in [0, 0.05) is 36.4 Å². The molecule has 2 N–H and O–H groups in total. The second-order valence-electron chi connectivity index (χ2n) is 4.89. The van der Waals surface area contributed by atoms with E-state index in [2.05, 4.69) is 23.2 Å². The summed E-state index contributed by atoms with van der Waals surface area (Å²) in [6, 6.07) is 6.52. The zero-order chi connectivity index (χ0) is 13.0. The zero-order valence-corrected chi connectivity index (χ0v) is 11.6. The molecule has 4 heteroatoms. The maximum atomic E-state index is 8.87. The second-order valence-corrected chi connectivity index (χ2v) is 5.33. The summed E-state index contributed by atoms with van der Waals surface area (Å²) in [6.07, 6.45) is 2.35. The van der Waals surface area contributed by atoms with Crippen molar-refractivity contribution in [1.82, 2.24) is 5.32 Å². The molecule has 0 amide bonds. The van der Waals surface area contributed by atoms with Crippen LogP contribution in [0.2, 0.25) is 5.02 Å². The normalized spacial score (nSPS) is 20.2. The van der Waals surface area contributed by atoms with Gasteiger partial charge in [0.25, 0.3) is 0 Å². The molecule has 0 radical (unpaired) electrons. The number of benzene rings is 1. The third-order valence-corrected chi connectivity index (χ3v) is 3.71. The first kappa shape index (κ1) is 13.7. The highest BCUT2D eigenvalue weighted by Crippen LogP contribution is 2.26. The van der Waals surface area contributed by atoms with Crippen molar-refractivity contribution in [2.24, 2.45) is 0 Å². The summed E-state index contributed by atoms with van der Waals surface area (Å²) in [4.78, 5) is 2.39. The van der Waals surface area contributed by atoms with Crippen LogP contribution in [0.25, 0.3) is 0 Å². The van der Waals surface area contributed by atoms with Crippen molar-refractivity contribution in [3.8, 4) is 0 Å². The quantitative estimate of drug-likeness (QED) is 0.879. The topological polar surface area (TPSA) is 35.5 Å². The van der Waals surface area contributed by atoms with Gasteiger partial charge < -0.3 is 15.3 Å². The number of aliphatic hydroxyl groups excluding tert-OH is 1. The molecule has 1 fully saturated rings. The van der Waals surface area contributed by atoms with Gasteiger partial charge in [-0.25, -0.2) is 0 Å². The van der Waals surface area contributed by atoms with Gasteiger partial charge in [0.15, 0.2) is 0 Å². The SMILES string of the molecule is Cc1ccc(Cl)cc1N1CCCC(NCCO)C1. The molecule has 18 heavy (non-hydrogen) atoms. The third-order valence-electron chi connectivity index (χ3n) is 3.48. The van der Waals surface area contributed by atoms with Gasteiger partial charge in [-0.2, -0.15) is 0 Å². The molecular formula is C14H21ClN2O. The molecule has 1 atom stereocenters. The number of aliphatic hydroxyl groups is 1. The first-order valence-corrected chi connectivity index (χ1v) is 6.94. The van der Waals surface area contributed by atoms with Gasteiger partial charge in [-0.15, -0.1) is 0 Å². The smallest absolute Gasteiger partial charge is 0.0556 e. The van der Waals surface area contributed by atoms with E-state index in [1.807, 2.05) is 12.1 Å². The Kier molecular flexibility index (Phi) is 4.87. The summed E-state index contributed by atoms with van der Waals surface area (Å²) in [5.41, 5.74) is 2.50. The Morgan fingerprint density at radius 1 is 1.50 bits per heavy atom. The largest absolute Gasteiger partial charge is 0.395 e. The fourth-order valence-corrected chi connectivity index (χ4v) is 2.72. The van der Waals surface area contributed by atoms with Crippen LogP contribution >= 0.6 is 11.6 Å². The van der Waals surface area contributed by atoms with Crippen LogP contribution < -0.4 is 10.2 Å². The number of anilines is 1. The molecule has 0 aromatic heterocycles. The summed E-state index contributed by atoms with van der Waals surface area (Å²) >= 11 is 6.08. The zero-order valence-electron chi connectivity index (χ0n) is 10.8. The summed E-state index contributed by atoms with van der Waals surface area (Å²) in [6.45, 7) is 5.07. The van der Waals surface area contributed by atoms with Crippen LogP contribution in [-0.4, -0.2) is 37.4 Å². The van der Waals surface area contributed by atoms with Gasteiger partial charge in [0.2, 0.25) is 0 Å². The highest BCUT2D eigenvalue weighted by Gasteiger charge is 2.20. The second kappa shape index (κ2) is 6.41. The Bertz CT molecular complexity index is 397. The van der Waals surface area contributed by atoms with Crippen LogP contribution in [0, 0.1) is 6.92 Å². The van der Waals surface area contributed by atoms with Gasteiger partial charge in [-0.3, -0.25) is 0 Å². The van der Waals surface area contributed by atoms with Crippen LogP contribution in [-0.2, 0) is 0 Å². The van der Waals surface area contributed by atoms with Crippen molar-refractivity contribution in [1.29, 1.82) is 0 Å². The van der Waals surface area contributed by atoms with E-state index in [9.17, 15) is 0 Å². The van der Waals surface area contributed by atoms with Crippen molar-refractivity contribution in [2.45, 2.75) is 25.8 Å². The van der Waals surface area contributed by atoms with E-state index in [0.29, 0.717) is 12.6 Å². The Balaban J connectivity index is 2.05. The molecule has 1 aliphatic heterocycles. The molecule has 0 saturated carbocycles. The van der Waals surface area contributed by atoms with Crippen LogP contribution in [0.1, 0.15) is 18.4 Å². The number of piperidine rings is 1. The number of hydrogen-bond acceptors (Lipinski definition) is 3. The number of hydrogen-bond donors (Lipinski definition) is 2. The number of nitrogens with zero attached hydrogens (tertiary/aromatic N) is 1. The maximum Gasteiger partial charge on any atom is 0.0556 e. The molecule has 0 spiro atoms. The lowest BCUT2D eigenvalue weighted by Gasteiger charge is -2.35. The molecular weight excluding hydrogens is 248 g/mol. The average Bonchev–Trinajstić information content (AvgIpc) is 2.39. The van der Waals surface area contributed by atoms with Gasteiger partial charge in [-0.05, 0) is 37.5 Å². The number of rotatable bonds is 4. The summed E-state index contributed by atoms with van der Waals surface area (Å²) in [5.74, 6) is 0. The molecule has 0 bridgehead atoms. The van der Waals surface area contributed by atoms with Gasteiger partial charge in [0.1, 0.15) is 0 Å². The molecule has 2 rings (SSSR count).